The zero-order chi connectivity index (χ0) is 14.5. The van der Waals surface area contributed by atoms with Crippen LogP contribution in [0.1, 0.15) is 18.4 Å². The third-order valence-corrected chi connectivity index (χ3v) is 3.36. The number of amides is 3. The molecule has 1 heterocycles. The van der Waals surface area contributed by atoms with Gasteiger partial charge in [0.2, 0.25) is 5.91 Å². The van der Waals surface area contributed by atoms with Gasteiger partial charge in [-0.1, -0.05) is 12.1 Å². The number of nitrogens with one attached hydrogen (secondary N) is 1. The van der Waals surface area contributed by atoms with Crippen LogP contribution in [0.2, 0.25) is 0 Å². The van der Waals surface area contributed by atoms with E-state index >= 15 is 0 Å². The van der Waals surface area contributed by atoms with Crippen LogP contribution in [-0.4, -0.2) is 32.1 Å². The van der Waals surface area contributed by atoms with E-state index < -0.39 is 6.03 Å². The molecule has 1 aromatic carbocycles. The van der Waals surface area contributed by atoms with E-state index in [1.165, 1.54) is 5.56 Å². The fourth-order valence-electron chi connectivity index (χ4n) is 2.53. The Kier molecular flexibility index (Phi) is 4.45. The topological polar surface area (TPSA) is 84.7 Å². The van der Waals surface area contributed by atoms with Crippen molar-refractivity contribution in [1.82, 2.24) is 5.32 Å². The lowest BCUT2D eigenvalue weighted by atomic mass is 10.0. The van der Waals surface area contributed by atoms with Crippen LogP contribution in [-0.2, 0) is 11.2 Å². The van der Waals surface area contributed by atoms with Crippen LogP contribution in [0.3, 0.4) is 0 Å². The van der Waals surface area contributed by atoms with Gasteiger partial charge in [0.25, 0.3) is 0 Å². The third-order valence-electron chi connectivity index (χ3n) is 3.36. The number of methoxy groups -OCH3 is 1. The smallest absolute Gasteiger partial charge is 0.318 e. The summed E-state index contributed by atoms with van der Waals surface area (Å²) in [6.45, 7) is 1.41. The van der Waals surface area contributed by atoms with Gasteiger partial charge in [-0.05, 0) is 24.5 Å². The van der Waals surface area contributed by atoms with E-state index in [1.54, 1.807) is 7.11 Å². The molecular formula is C14H19N3O3. The van der Waals surface area contributed by atoms with Crippen molar-refractivity contribution in [2.45, 2.75) is 19.3 Å². The second-order valence-electron chi connectivity index (χ2n) is 4.72. The lowest BCUT2D eigenvalue weighted by Gasteiger charge is -2.32. The van der Waals surface area contributed by atoms with Gasteiger partial charge in [-0.25, -0.2) is 4.79 Å². The summed E-state index contributed by atoms with van der Waals surface area (Å²) in [6, 6.07) is 5.15. The number of hydrogen-bond acceptors (Lipinski definition) is 4. The predicted molar refractivity (Wildman–Crippen MR) is 75.9 cm³/mol. The van der Waals surface area contributed by atoms with Crippen molar-refractivity contribution < 1.29 is 14.3 Å². The normalized spacial score (nSPS) is 13.6. The number of anilines is 1. The molecule has 6 heteroatoms. The first kappa shape index (κ1) is 14.2. The lowest BCUT2D eigenvalue weighted by Crippen LogP contribution is -2.38. The number of aryl methyl sites for hydroxylation is 1. The molecule has 0 saturated carbocycles. The summed E-state index contributed by atoms with van der Waals surface area (Å²) in [6.07, 6.45) is 2.27. The van der Waals surface area contributed by atoms with Crippen molar-refractivity contribution in [2.24, 2.45) is 5.73 Å². The molecule has 0 spiro atoms. The van der Waals surface area contributed by atoms with Gasteiger partial charge in [0.05, 0.1) is 12.8 Å². The minimum atomic E-state index is -0.813. The number of nitrogens with zero attached hydrogens (tertiary/aromatic N) is 1. The maximum absolute atomic E-state index is 11.5. The van der Waals surface area contributed by atoms with E-state index in [4.69, 9.17) is 10.5 Å². The number of hydrogen-bond donors (Lipinski definition) is 2. The molecule has 6 nitrogen and oxygen atoms in total. The van der Waals surface area contributed by atoms with Crippen LogP contribution in [0.15, 0.2) is 18.2 Å². The molecule has 20 heavy (non-hydrogen) atoms. The summed E-state index contributed by atoms with van der Waals surface area (Å²) in [5.74, 6) is 0.456. The Morgan fingerprint density at radius 2 is 2.25 bits per heavy atom. The molecule has 0 fully saturated rings. The molecule has 3 amide bonds. The van der Waals surface area contributed by atoms with Gasteiger partial charge in [0.15, 0.2) is 0 Å². The Bertz CT molecular complexity index is 502. The summed E-state index contributed by atoms with van der Waals surface area (Å²) in [4.78, 5) is 24.2. The zero-order valence-corrected chi connectivity index (χ0v) is 11.5. The van der Waals surface area contributed by atoms with Gasteiger partial charge >= 0.3 is 6.03 Å². The largest absolute Gasteiger partial charge is 0.495 e. The molecule has 3 N–H and O–H groups in total. The van der Waals surface area contributed by atoms with Crippen LogP contribution in [0.4, 0.5) is 10.5 Å². The van der Waals surface area contributed by atoms with Crippen LogP contribution in [0.25, 0.3) is 0 Å². The Morgan fingerprint density at radius 3 is 2.95 bits per heavy atom. The van der Waals surface area contributed by atoms with Crippen LogP contribution >= 0.6 is 0 Å². The number of benzene rings is 1. The molecule has 0 atom stereocenters. The highest BCUT2D eigenvalue weighted by Gasteiger charge is 2.21. The second kappa shape index (κ2) is 6.27. The number of rotatable bonds is 4. The molecule has 2 rings (SSSR count). The number of ether oxygens (including phenoxy) is 1. The lowest BCUT2D eigenvalue weighted by molar-refractivity contribution is -0.119. The van der Waals surface area contributed by atoms with E-state index in [9.17, 15) is 9.59 Å². The first-order valence-electron chi connectivity index (χ1n) is 6.62. The number of carbonyl (C=O) groups excluding carboxylic acids is 2. The maximum atomic E-state index is 11.5. The van der Waals surface area contributed by atoms with Crippen molar-refractivity contribution in [3.63, 3.8) is 0 Å². The van der Waals surface area contributed by atoms with E-state index in [1.807, 2.05) is 12.1 Å². The minimum absolute atomic E-state index is 0.223. The monoisotopic (exact) mass is 277 g/mol. The van der Waals surface area contributed by atoms with Gasteiger partial charge < -0.3 is 15.4 Å². The molecule has 108 valence electrons. The zero-order valence-electron chi connectivity index (χ0n) is 11.5. The second-order valence-corrected chi connectivity index (χ2v) is 4.72. The molecule has 0 saturated heterocycles. The van der Waals surface area contributed by atoms with E-state index in [-0.39, 0.29) is 12.3 Å². The first-order chi connectivity index (χ1) is 9.61. The fraction of sp³-hybridized carbons (Fsp3) is 0.429. The SMILES string of the molecule is COc1cccc2c1N(CCC(=O)NC(N)=O)CCC2. The number of urea groups is 1. The molecular weight excluding hydrogens is 258 g/mol. The summed E-state index contributed by atoms with van der Waals surface area (Å²) in [5.41, 5.74) is 7.20. The Hall–Kier alpha value is -2.24. The summed E-state index contributed by atoms with van der Waals surface area (Å²) in [7, 11) is 1.64. The van der Waals surface area contributed by atoms with Crippen molar-refractivity contribution in [3.8, 4) is 5.75 Å². The fourth-order valence-corrected chi connectivity index (χ4v) is 2.53. The molecule has 0 radical (unpaired) electrons. The highest BCUT2D eigenvalue weighted by Crippen LogP contribution is 2.35. The average Bonchev–Trinajstić information content (AvgIpc) is 2.43. The molecule has 0 aliphatic carbocycles. The van der Waals surface area contributed by atoms with Crippen LogP contribution < -0.4 is 20.7 Å². The molecule has 1 aliphatic heterocycles. The molecule has 0 unspecified atom stereocenters. The number of nitrogens with two attached hydrogens (primary N) is 1. The van der Waals surface area contributed by atoms with Gasteiger partial charge in [0, 0.05) is 19.5 Å². The van der Waals surface area contributed by atoms with E-state index in [2.05, 4.69) is 16.3 Å². The Balaban J connectivity index is 2.08. The Labute approximate surface area is 117 Å². The summed E-state index contributed by atoms with van der Waals surface area (Å²) in [5, 5.41) is 2.08. The number of carbonyl (C=O) groups is 2. The maximum Gasteiger partial charge on any atom is 0.318 e. The van der Waals surface area contributed by atoms with Gasteiger partial charge in [-0.3, -0.25) is 10.1 Å². The molecule has 1 aliphatic rings. The number of imide groups is 1. The number of primary amides is 1. The van der Waals surface area contributed by atoms with Crippen molar-refractivity contribution in [1.29, 1.82) is 0 Å². The third kappa shape index (κ3) is 3.20. The van der Waals surface area contributed by atoms with Gasteiger partial charge in [-0.2, -0.15) is 0 Å². The quantitative estimate of drug-likeness (QED) is 0.861. The van der Waals surface area contributed by atoms with E-state index in [0.29, 0.717) is 6.54 Å². The molecule has 0 aromatic heterocycles. The Morgan fingerprint density at radius 1 is 1.45 bits per heavy atom. The van der Waals surface area contributed by atoms with Crippen molar-refractivity contribution >= 4 is 17.6 Å². The number of para-hydroxylation sites is 1. The molecule has 0 bridgehead atoms. The summed E-state index contributed by atoms with van der Waals surface area (Å²) < 4.78 is 5.40. The average molecular weight is 277 g/mol. The minimum Gasteiger partial charge on any atom is -0.495 e. The van der Waals surface area contributed by atoms with Crippen LogP contribution in [0.5, 0.6) is 5.75 Å². The number of fused-ring (bicyclic) bond motifs is 1. The highest BCUT2D eigenvalue weighted by molar-refractivity contribution is 5.93. The van der Waals surface area contributed by atoms with Crippen LogP contribution in [0, 0.1) is 0 Å². The predicted octanol–water partition coefficient (Wildman–Crippen LogP) is 1.03. The van der Waals surface area contributed by atoms with Gasteiger partial charge in [-0.15, -0.1) is 0 Å². The first-order valence-corrected chi connectivity index (χ1v) is 6.62. The van der Waals surface area contributed by atoms with Gasteiger partial charge in [0.1, 0.15) is 5.75 Å². The van der Waals surface area contributed by atoms with Crippen molar-refractivity contribution in [2.75, 3.05) is 25.1 Å². The summed E-state index contributed by atoms with van der Waals surface area (Å²) >= 11 is 0. The standard InChI is InChI=1S/C14H19N3O3/c1-20-11-6-2-4-10-5-3-8-17(13(10)11)9-7-12(18)16-14(15)19/h2,4,6H,3,5,7-9H2,1H3,(H3,15,16,18,19). The molecule has 1 aromatic rings. The van der Waals surface area contributed by atoms with E-state index in [0.717, 1.165) is 30.8 Å². The highest BCUT2D eigenvalue weighted by atomic mass is 16.5. The van der Waals surface area contributed by atoms with Crippen molar-refractivity contribution in [3.05, 3.63) is 23.8 Å².